The zero-order valence-corrected chi connectivity index (χ0v) is 10.3. The first-order chi connectivity index (χ1) is 8.08. The summed E-state index contributed by atoms with van der Waals surface area (Å²) in [5, 5.41) is 0. The van der Waals surface area contributed by atoms with Crippen molar-refractivity contribution in [1.29, 1.82) is 0 Å². The van der Waals surface area contributed by atoms with Crippen LogP contribution in [0.3, 0.4) is 0 Å². The molecule has 1 atom stereocenters. The van der Waals surface area contributed by atoms with Crippen LogP contribution < -0.4 is 0 Å². The lowest BCUT2D eigenvalue weighted by molar-refractivity contribution is -0.144. The molecule has 0 aliphatic rings. The quantitative estimate of drug-likeness (QED) is 0.570. The molecule has 0 N–H and O–H groups in total. The van der Waals surface area contributed by atoms with Crippen molar-refractivity contribution in [3.05, 3.63) is 54.1 Å². The van der Waals surface area contributed by atoms with Gasteiger partial charge in [-0.05, 0) is 18.6 Å². The third-order valence-electron chi connectivity index (χ3n) is 2.17. The fourth-order valence-corrected chi connectivity index (χ4v) is 1.49. The van der Waals surface area contributed by atoms with E-state index in [1.807, 2.05) is 49.4 Å². The number of carbonyl (C=O) groups is 1. The average molecular weight is 230 g/mol. The van der Waals surface area contributed by atoms with Crippen LogP contribution in [0.1, 0.15) is 25.8 Å². The molecule has 0 radical (unpaired) electrons. The van der Waals surface area contributed by atoms with Gasteiger partial charge in [-0.3, -0.25) is 4.79 Å². The van der Waals surface area contributed by atoms with Crippen molar-refractivity contribution in [1.82, 2.24) is 0 Å². The molecule has 0 aliphatic carbocycles. The Morgan fingerprint density at radius 2 is 2.00 bits per heavy atom. The Balaban J connectivity index is 2.68. The highest BCUT2D eigenvalue weighted by Gasteiger charge is 2.07. The van der Waals surface area contributed by atoms with Crippen LogP contribution in [0.25, 0.3) is 6.08 Å². The Morgan fingerprint density at radius 3 is 2.53 bits per heavy atom. The van der Waals surface area contributed by atoms with Crippen molar-refractivity contribution in [3.63, 3.8) is 0 Å². The number of benzene rings is 1. The van der Waals surface area contributed by atoms with Crippen molar-refractivity contribution in [2.45, 2.75) is 26.4 Å². The van der Waals surface area contributed by atoms with Gasteiger partial charge in [0.25, 0.3) is 0 Å². The number of hydrogen-bond acceptors (Lipinski definition) is 2. The zero-order chi connectivity index (χ0) is 12.7. The Bertz CT molecular complexity index is 388. The van der Waals surface area contributed by atoms with Gasteiger partial charge in [0.1, 0.15) is 6.10 Å². The predicted octanol–water partition coefficient (Wildman–Crippen LogP) is 3.60. The van der Waals surface area contributed by atoms with E-state index < -0.39 is 0 Å². The molecule has 1 aromatic carbocycles. The maximum Gasteiger partial charge on any atom is 0.303 e. The summed E-state index contributed by atoms with van der Waals surface area (Å²) in [6.07, 6.45) is 4.27. The van der Waals surface area contributed by atoms with Crippen LogP contribution in [-0.2, 0) is 9.53 Å². The summed E-state index contributed by atoms with van der Waals surface area (Å²) in [6.45, 7) is 7.17. The van der Waals surface area contributed by atoms with Crippen LogP contribution in [0.15, 0.2) is 48.6 Å². The molecule has 2 heteroatoms. The molecular formula is C15H18O2. The third-order valence-corrected chi connectivity index (χ3v) is 2.17. The molecule has 17 heavy (non-hydrogen) atoms. The second kappa shape index (κ2) is 6.69. The van der Waals surface area contributed by atoms with Gasteiger partial charge in [-0.2, -0.15) is 0 Å². The molecule has 1 aromatic rings. The number of ether oxygens (including phenoxy) is 1. The minimum Gasteiger partial charge on any atom is -0.458 e. The SMILES string of the molecule is C=C(C)CC(/C=C/c1ccccc1)OC(C)=O. The van der Waals surface area contributed by atoms with Crippen molar-refractivity contribution in [2.24, 2.45) is 0 Å². The predicted molar refractivity (Wildman–Crippen MR) is 70.5 cm³/mol. The number of carbonyl (C=O) groups excluding carboxylic acids is 1. The van der Waals surface area contributed by atoms with E-state index in [0.29, 0.717) is 6.42 Å². The molecule has 90 valence electrons. The van der Waals surface area contributed by atoms with Gasteiger partial charge in [-0.25, -0.2) is 0 Å². The van der Waals surface area contributed by atoms with Gasteiger partial charge in [0.05, 0.1) is 0 Å². The summed E-state index contributed by atoms with van der Waals surface area (Å²) in [5.74, 6) is -0.269. The molecule has 0 saturated heterocycles. The van der Waals surface area contributed by atoms with Crippen LogP contribution in [0.2, 0.25) is 0 Å². The van der Waals surface area contributed by atoms with Crippen molar-refractivity contribution >= 4 is 12.0 Å². The number of esters is 1. The first-order valence-electron chi connectivity index (χ1n) is 5.63. The van der Waals surface area contributed by atoms with E-state index in [1.165, 1.54) is 6.92 Å². The normalized spacial score (nSPS) is 12.4. The molecule has 0 heterocycles. The van der Waals surface area contributed by atoms with Crippen LogP contribution in [-0.4, -0.2) is 12.1 Å². The summed E-state index contributed by atoms with van der Waals surface area (Å²) in [5.41, 5.74) is 2.08. The lowest BCUT2D eigenvalue weighted by Gasteiger charge is -2.12. The molecule has 0 fully saturated rings. The molecule has 0 saturated carbocycles. The van der Waals surface area contributed by atoms with E-state index in [2.05, 4.69) is 6.58 Å². The monoisotopic (exact) mass is 230 g/mol. The van der Waals surface area contributed by atoms with Crippen molar-refractivity contribution in [2.75, 3.05) is 0 Å². The summed E-state index contributed by atoms with van der Waals surface area (Å²) in [6, 6.07) is 9.91. The standard InChI is InChI=1S/C15H18O2/c1-12(2)11-15(17-13(3)16)10-9-14-7-5-4-6-8-14/h4-10,15H,1,11H2,2-3H3/b10-9+. The Morgan fingerprint density at radius 1 is 1.35 bits per heavy atom. The van der Waals surface area contributed by atoms with E-state index in [9.17, 15) is 4.79 Å². The summed E-state index contributed by atoms with van der Waals surface area (Å²) in [4.78, 5) is 11.0. The maximum atomic E-state index is 11.0. The second-order valence-electron chi connectivity index (χ2n) is 4.08. The van der Waals surface area contributed by atoms with E-state index in [4.69, 9.17) is 4.74 Å². The highest BCUT2D eigenvalue weighted by molar-refractivity contribution is 5.66. The Kier molecular flexibility index (Phi) is 5.21. The molecule has 0 aliphatic heterocycles. The highest BCUT2D eigenvalue weighted by Crippen LogP contribution is 2.11. The van der Waals surface area contributed by atoms with Gasteiger partial charge in [-0.1, -0.05) is 48.6 Å². The van der Waals surface area contributed by atoms with Crippen LogP contribution in [0.5, 0.6) is 0 Å². The van der Waals surface area contributed by atoms with E-state index >= 15 is 0 Å². The summed E-state index contributed by atoms with van der Waals surface area (Å²) in [7, 11) is 0. The molecule has 0 bridgehead atoms. The molecule has 1 unspecified atom stereocenters. The van der Waals surface area contributed by atoms with Gasteiger partial charge >= 0.3 is 5.97 Å². The molecule has 0 amide bonds. The summed E-state index contributed by atoms with van der Waals surface area (Å²) >= 11 is 0. The van der Waals surface area contributed by atoms with Crippen LogP contribution in [0, 0.1) is 0 Å². The molecule has 0 aromatic heterocycles. The van der Waals surface area contributed by atoms with Gasteiger partial charge in [0, 0.05) is 13.3 Å². The smallest absolute Gasteiger partial charge is 0.303 e. The van der Waals surface area contributed by atoms with Gasteiger partial charge in [0.2, 0.25) is 0 Å². The Hall–Kier alpha value is -1.83. The lowest BCUT2D eigenvalue weighted by atomic mass is 10.1. The molecule has 2 nitrogen and oxygen atoms in total. The minimum atomic E-state index is -0.269. The fraction of sp³-hybridized carbons (Fsp3) is 0.267. The topological polar surface area (TPSA) is 26.3 Å². The van der Waals surface area contributed by atoms with Gasteiger partial charge in [-0.15, -0.1) is 0 Å². The molecule has 1 rings (SSSR count). The lowest BCUT2D eigenvalue weighted by Crippen LogP contribution is -2.13. The van der Waals surface area contributed by atoms with Crippen LogP contribution in [0.4, 0.5) is 0 Å². The summed E-state index contributed by atoms with van der Waals surface area (Å²) < 4.78 is 5.20. The average Bonchev–Trinajstić information content (AvgIpc) is 2.26. The van der Waals surface area contributed by atoms with Gasteiger partial charge < -0.3 is 4.74 Å². The maximum absolute atomic E-state index is 11.0. The fourth-order valence-electron chi connectivity index (χ4n) is 1.49. The third kappa shape index (κ3) is 5.71. The number of rotatable bonds is 5. The van der Waals surface area contributed by atoms with E-state index in [-0.39, 0.29) is 12.1 Å². The highest BCUT2D eigenvalue weighted by atomic mass is 16.5. The number of hydrogen-bond donors (Lipinski definition) is 0. The van der Waals surface area contributed by atoms with Crippen molar-refractivity contribution < 1.29 is 9.53 Å². The van der Waals surface area contributed by atoms with Crippen molar-refractivity contribution in [3.8, 4) is 0 Å². The Labute approximate surface area is 103 Å². The first-order valence-corrected chi connectivity index (χ1v) is 5.63. The molecular weight excluding hydrogens is 212 g/mol. The molecule has 0 spiro atoms. The van der Waals surface area contributed by atoms with E-state index in [1.54, 1.807) is 0 Å². The van der Waals surface area contributed by atoms with Gasteiger partial charge in [0.15, 0.2) is 0 Å². The van der Waals surface area contributed by atoms with Crippen LogP contribution >= 0.6 is 0 Å². The largest absolute Gasteiger partial charge is 0.458 e. The zero-order valence-electron chi connectivity index (χ0n) is 10.3. The van der Waals surface area contributed by atoms with E-state index in [0.717, 1.165) is 11.1 Å². The minimum absolute atomic E-state index is 0.231. The second-order valence-corrected chi connectivity index (χ2v) is 4.08. The first kappa shape index (κ1) is 13.2.